The van der Waals surface area contributed by atoms with Crippen molar-refractivity contribution in [1.82, 2.24) is 5.43 Å². The highest BCUT2D eigenvalue weighted by molar-refractivity contribution is 6.08. The summed E-state index contributed by atoms with van der Waals surface area (Å²) in [5.41, 5.74) is 5.09. The number of nitrogens with zero attached hydrogens (tertiary/aromatic N) is 1. The number of amides is 1. The Morgan fingerprint density at radius 3 is 1.92 bits per heavy atom. The number of ether oxygens (including phenoxy) is 1. The Morgan fingerprint density at radius 1 is 0.958 bits per heavy atom. The molecule has 0 bridgehead atoms. The van der Waals surface area contributed by atoms with Crippen LogP contribution in [0.15, 0.2) is 77.9 Å². The number of rotatable bonds is 6. The van der Waals surface area contributed by atoms with Crippen LogP contribution in [-0.2, 0) is 4.74 Å². The van der Waals surface area contributed by atoms with E-state index in [-0.39, 0.29) is 0 Å². The van der Waals surface area contributed by atoms with Crippen LogP contribution < -0.4 is 5.43 Å². The molecular formula is C20H20N2O2. The van der Waals surface area contributed by atoms with Crippen LogP contribution in [0.2, 0.25) is 0 Å². The molecule has 0 spiro atoms. The third-order valence-electron chi connectivity index (χ3n) is 3.04. The van der Waals surface area contributed by atoms with Crippen molar-refractivity contribution in [2.24, 2.45) is 5.10 Å². The quantitative estimate of drug-likeness (QED) is 0.628. The van der Waals surface area contributed by atoms with Crippen LogP contribution in [0.3, 0.4) is 0 Å². The normalized spacial score (nSPS) is 10.7. The molecule has 1 N–H and O–H groups in total. The molecule has 0 saturated carbocycles. The van der Waals surface area contributed by atoms with E-state index in [9.17, 15) is 4.79 Å². The molecular weight excluding hydrogens is 300 g/mol. The van der Waals surface area contributed by atoms with Gasteiger partial charge < -0.3 is 4.74 Å². The third-order valence-corrected chi connectivity index (χ3v) is 3.04. The van der Waals surface area contributed by atoms with Gasteiger partial charge in [0.1, 0.15) is 0 Å². The second kappa shape index (κ2) is 9.79. The Kier molecular flexibility index (Phi) is 7.02. The predicted octanol–water partition coefficient (Wildman–Crippen LogP) is 4.52. The molecule has 0 heterocycles. The van der Waals surface area contributed by atoms with Gasteiger partial charge in [0.25, 0.3) is 0 Å². The second-order valence-electron chi connectivity index (χ2n) is 4.86. The maximum Gasteiger partial charge on any atom is 0.427 e. The number of allylic oxidation sites excluding steroid dienone is 2. The van der Waals surface area contributed by atoms with Crippen LogP contribution in [0, 0.1) is 0 Å². The van der Waals surface area contributed by atoms with Crippen molar-refractivity contribution in [3.8, 4) is 0 Å². The molecule has 4 heteroatoms. The maximum absolute atomic E-state index is 11.4. The minimum atomic E-state index is -0.573. The Balaban J connectivity index is 2.14. The fourth-order valence-electron chi connectivity index (χ4n) is 1.90. The van der Waals surface area contributed by atoms with Crippen molar-refractivity contribution in [1.29, 1.82) is 0 Å². The minimum absolute atomic E-state index is 0.302. The van der Waals surface area contributed by atoms with Gasteiger partial charge in [-0.25, -0.2) is 10.2 Å². The summed E-state index contributed by atoms with van der Waals surface area (Å²) in [5.74, 6) is 0. The number of nitrogens with one attached hydrogen (secondary N) is 1. The van der Waals surface area contributed by atoms with Gasteiger partial charge >= 0.3 is 6.09 Å². The largest absolute Gasteiger partial charge is 0.449 e. The summed E-state index contributed by atoms with van der Waals surface area (Å²) >= 11 is 0. The van der Waals surface area contributed by atoms with Crippen LogP contribution in [0.1, 0.15) is 18.1 Å². The lowest BCUT2D eigenvalue weighted by atomic mass is 10.1. The molecule has 2 aromatic carbocycles. The Labute approximate surface area is 142 Å². The Hall–Kier alpha value is -3.14. The molecule has 4 nitrogen and oxygen atoms in total. The molecule has 0 aliphatic rings. The number of hydrazone groups is 1. The summed E-state index contributed by atoms with van der Waals surface area (Å²) in [7, 11) is 0. The van der Waals surface area contributed by atoms with Crippen LogP contribution >= 0.6 is 0 Å². The van der Waals surface area contributed by atoms with E-state index in [0.717, 1.165) is 11.1 Å². The lowest BCUT2D eigenvalue weighted by Gasteiger charge is -2.01. The number of carbonyl (C=O) groups is 1. The summed E-state index contributed by atoms with van der Waals surface area (Å²) in [6.07, 6.45) is 6.96. The van der Waals surface area contributed by atoms with Crippen molar-refractivity contribution >= 4 is 24.0 Å². The van der Waals surface area contributed by atoms with E-state index in [4.69, 9.17) is 4.74 Å². The fourth-order valence-corrected chi connectivity index (χ4v) is 1.90. The SMILES string of the molecule is CCOC(=O)NN=C(C=Cc1ccccc1)C=Cc1ccccc1. The second-order valence-corrected chi connectivity index (χ2v) is 4.86. The topological polar surface area (TPSA) is 50.7 Å². The van der Waals surface area contributed by atoms with Crippen molar-refractivity contribution < 1.29 is 9.53 Å². The van der Waals surface area contributed by atoms with E-state index in [1.54, 1.807) is 6.92 Å². The van der Waals surface area contributed by atoms with Crippen LogP contribution in [0.25, 0.3) is 12.2 Å². The van der Waals surface area contributed by atoms with E-state index < -0.39 is 6.09 Å². The van der Waals surface area contributed by atoms with E-state index >= 15 is 0 Å². The zero-order valence-corrected chi connectivity index (χ0v) is 13.6. The smallest absolute Gasteiger partial charge is 0.427 e. The van der Waals surface area contributed by atoms with Gasteiger partial charge in [0.15, 0.2) is 0 Å². The first-order chi connectivity index (χ1) is 11.8. The summed E-state index contributed by atoms with van der Waals surface area (Å²) in [4.78, 5) is 11.4. The summed E-state index contributed by atoms with van der Waals surface area (Å²) in [6.45, 7) is 2.05. The molecule has 0 saturated heterocycles. The Bertz CT molecular complexity index is 668. The molecule has 122 valence electrons. The van der Waals surface area contributed by atoms with Crippen LogP contribution in [-0.4, -0.2) is 18.4 Å². The molecule has 0 aromatic heterocycles. The molecule has 0 fully saturated rings. The van der Waals surface area contributed by atoms with Crippen molar-refractivity contribution in [3.05, 3.63) is 83.9 Å². The summed E-state index contributed by atoms with van der Waals surface area (Å²) in [6, 6.07) is 19.8. The number of hydrogen-bond acceptors (Lipinski definition) is 3. The first kappa shape index (κ1) is 17.2. The highest BCUT2D eigenvalue weighted by atomic mass is 16.5. The van der Waals surface area contributed by atoms with Crippen LogP contribution in [0.4, 0.5) is 4.79 Å². The minimum Gasteiger partial charge on any atom is -0.449 e. The number of carbonyl (C=O) groups excluding carboxylic acids is 1. The fraction of sp³-hybridized carbons (Fsp3) is 0.100. The average molecular weight is 320 g/mol. The van der Waals surface area contributed by atoms with Gasteiger partial charge in [-0.05, 0) is 30.2 Å². The molecule has 2 rings (SSSR count). The van der Waals surface area contributed by atoms with Gasteiger partial charge in [0.05, 0.1) is 12.3 Å². The van der Waals surface area contributed by atoms with Gasteiger partial charge in [-0.15, -0.1) is 0 Å². The van der Waals surface area contributed by atoms with E-state index in [1.165, 1.54) is 0 Å². The highest BCUT2D eigenvalue weighted by Crippen LogP contribution is 2.04. The average Bonchev–Trinajstić information content (AvgIpc) is 2.63. The third kappa shape index (κ3) is 6.32. The molecule has 0 atom stereocenters. The molecule has 0 aliphatic carbocycles. The van der Waals surface area contributed by atoms with E-state index in [1.807, 2.05) is 85.0 Å². The van der Waals surface area contributed by atoms with E-state index in [2.05, 4.69) is 10.5 Å². The molecule has 1 amide bonds. The van der Waals surface area contributed by atoms with Crippen molar-refractivity contribution in [3.63, 3.8) is 0 Å². The number of hydrogen-bond donors (Lipinski definition) is 1. The van der Waals surface area contributed by atoms with Gasteiger partial charge in [-0.1, -0.05) is 72.8 Å². The highest BCUT2D eigenvalue weighted by Gasteiger charge is 1.98. The van der Waals surface area contributed by atoms with E-state index in [0.29, 0.717) is 12.3 Å². The standard InChI is InChI=1S/C20H20N2O2/c1-2-24-20(23)22-21-19(15-13-17-9-5-3-6-10-17)16-14-18-11-7-4-8-12-18/h3-16H,2H2,1H3,(H,22,23). The molecule has 2 aromatic rings. The first-order valence-corrected chi connectivity index (χ1v) is 7.74. The van der Waals surface area contributed by atoms with Crippen LogP contribution in [0.5, 0.6) is 0 Å². The first-order valence-electron chi connectivity index (χ1n) is 7.74. The van der Waals surface area contributed by atoms with Crippen molar-refractivity contribution in [2.75, 3.05) is 6.61 Å². The molecule has 0 radical (unpaired) electrons. The van der Waals surface area contributed by atoms with Crippen molar-refractivity contribution in [2.45, 2.75) is 6.92 Å². The Morgan fingerprint density at radius 2 is 1.46 bits per heavy atom. The zero-order chi connectivity index (χ0) is 17.0. The van der Waals surface area contributed by atoms with Gasteiger partial charge in [-0.3, -0.25) is 0 Å². The van der Waals surface area contributed by atoms with Gasteiger partial charge in [-0.2, -0.15) is 5.10 Å². The lowest BCUT2D eigenvalue weighted by molar-refractivity contribution is 0.152. The number of benzene rings is 2. The van der Waals surface area contributed by atoms with Gasteiger partial charge in [0.2, 0.25) is 0 Å². The zero-order valence-electron chi connectivity index (χ0n) is 13.6. The predicted molar refractivity (Wildman–Crippen MR) is 98.5 cm³/mol. The summed E-state index contributed by atoms with van der Waals surface area (Å²) in [5, 5.41) is 4.09. The molecule has 0 aliphatic heterocycles. The monoisotopic (exact) mass is 320 g/mol. The lowest BCUT2D eigenvalue weighted by Crippen LogP contribution is -2.19. The maximum atomic E-state index is 11.4. The molecule has 0 unspecified atom stereocenters. The van der Waals surface area contributed by atoms with Gasteiger partial charge in [0, 0.05) is 0 Å². The molecule has 24 heavy (non-hydrogen) atoms. The summed E-state index contributed by atoms with van der Waals surface area (Å²) < 4.78 is 4.81.